The van der Waals surface area contributed by atoms with Crippen molar-refractivity contribution in [3.8, 4) is 5.75 Å². The number of ether oxygens (including phenoxy) is 1. The van der Waals surface area contributed by atoms with Gasteiger partial charge in [-0.15, -0.1) is 0 Å². The summed E-state index contributed by atoms with van der Waals surface area (Å²) in [4.78, 5) is 40.4. The van der Waals surface area contributed by atoms with Crippen molar-refractivity contribution in [3.63, 3.8) is 0 Å². The molecule has 0 unspecified atom stereocenters. The molecule has 0 fully saturated rings. The first kappa shape index (κ1) is 24.0. The monoisotopic (exact) mass is 475 g/mol. The van der Waals surface area contributed by atoms with Crippen LogP contribution in [0.25, 0.3) is 0 Å². The van der Waals surface area contributed by atoms with Gasteiger partial charge in [-0.25, -0.2) is 0 Å². The average Bonchev–Trinajstić information content (AvgIpc) is 3.30. The van der Waals surface area contributed by atoms with Gasteiger partial charge in [-0.1, -0.05) is 48.5 Å². The van der Waals surface area contributed by atoms with Gasteiger partial charge in [0.05, 0.1) is 13.2 Å². The van der Waals surface area contributed by atoms with Gasteiger partial charge >= 0.3 is 0 Å². The van der Waals surface area contributed by atoms with E-state index in [2.05, 4.69) is 15.7 Å². The molecule has 9 heteroatoms. The maximum absolute atomic E-state index is 13.1. The topological polar surface area (TPSA) is 106 Å². The normalized spacial score (nSPS) is 17.0. The minimum Gasteiger partial charge on any atom is -0.494 e. The molecule has 0 saturated heterocycles. The Bertz CT molecular complexity index is 1240. The lowest BCUT2D eigenvalue weighted by molar-refractivity contribution is -0.132. The molecule has 2 N–H and O–H groups in total. The zero-order chi connectivity index (χ0) is 25.0. The van der Waals surface area contributed by atoms with Gasteiger partial charge in [0.15, 0.2) is 5.69 Å². The third-order valence-electron chi connectivity index (χ3n) is 6.23. The number of amides is 3. The van der Waals surface area contributed by atoms with Crippen LogP contribution in [0.5, 0.6) is 5.75 Å². The van der Waals surface area contributed by atoms with E-state index in [0.29, 0.717) is 18.9 Å². The number of likely N-dealkylation sites (N-methyl/N-ethyl adjacent to an activating group) is 1. The van der Waals surface area contributed by atoms with Crippen molar-refractivity contribution >= 4 is 17.7 Å². The molecule has 182 valence electrons. The molecule has 3 aromatic rings. The van der Waals surface area contributed by atoms with E-state index < -0.39 is 11.4 Å². The van der Waals surface area contributed by atoms with Gasteiger partial charge in [0.1, 0.15) is 17.0 Å². The molecule has 0 saturated carbocycles. The molecule has 1 aliphatic heterocycles. The van der Waals surface area contributed by atoms with Crippen LogP contribution < -0.4 is 15.4 Å². The fraction of sp³-hybridized carbons (Fsp3) is 0.308. The van der Waals surface area contributed by atoms with Gasteiger partial charge in [0.2, 0.25) is 5.91 Å². The first-order valence-electron chi connectivity index (χ1n) is 11.5. The van der Waals surface area contributed by atoms with E-state index in [4.69, 9.17) is 4.74 Å². The molecular weight excluding hydrogens is 446 g/mol. The summed E-state index contributed by atoms with van der Waals surface area (Å²) in [5.41, 5.74) is 1.02. The van der Waals surface area contributed by atoms with E-state index in [0.717, 1.165) is 11.1 Å². The molecule has 0 bridgehead atoms. The Morgan fingerprint density at radius 2 is 1.77 bits per heavy atom. The van der Waals surface area contributed by atoms with Crippen LogP contribution in [0.1, 0.15) is 46.0 Å². The van der Waals surface area contributed by atoms with Gasteiger partial charge in [-0.3, -0.25) is 19.1 Å². The molecule has 0 radical (unpaired) electrons. The Kier molecular flexibility index (Phi) is 6.86. The minimum atomic E-state index is -1.16. The van der Waals surface area contributed by atoms with Crippen molar-refractivity contribution in [1.29, 1.82) is 0 Å². The fourth-order valence-corrected chi connectivity index (χ4v) is 4.02. The second kappa shape index (κ2) is 10.0. The summed E-state index contributed by atoms with van der Waals surface area (Å²) >= 11 is 0. The Balaban J connectivity index is 1.47. The molecule has 0 aliphatic carbocycles. The summed E-state index contributed by atoms with van der Waals surface area (Å²) < 4.78 is 7.04. The van der Waals surface area contributed by atoms with Gasteiger partial charge in [0, 0.05) is 31.8 Å². The minimum absolute atomic E-state index is 0.115. The summed E-state index contributed by atoms with van der Waals surface area (Å²) in [6.45, 7) is 4.84. The lowest BCUT2D eigenvalue weighted by Gasteiger charge is -2.40. The number of aromatic nitrogens is 2. The second-order valence-corrected chi connectivity index (χ2v) is 8.60. The van der Waals surface area contributed by atoms with Gasteiger partial charge < -0.3 is 20.3 Å². The molecule has 2 heterocycles. The van der Waals surface area contributed by atoms with E-state index >= 15 is 0 Å². The fourth-order valence-electron chi connectivity index (χ4n) is 4.02. The first-order chi connectivity index (χ1) is 16.8. The maximum Gasteiger partial charge on any atom is 0.272 e. The summed E-state index contributed by atoms with van der Waals surface area (Å²) in [6, 6.07) is 18.5. The largest absolute Gasteiger partial charge is 0.494 e. The van der Waals surface area contributed by atoms with E-state index in [1.807, 2.05) is 61.5 Å². The van der Waals surface area contributed by atoms with Crippen LogP contribution in [-0.2, 0) is 24.4 Å². The third kappa shape index (κ3) is 4.89. The van der Waals surface area contributed by atoms with E-state index in [1.54, 1.807) is 14.0 Å². The summed E-state index contributed by atoms with van der Waals surface area (Å²) in [7, 11) is 1.59. The standard InChI is InChI=1S/C26H29N5O4/c1-4-35-22-13-9-8-12-19(22)16-27-23(32)20-14-21-24(33)30(3)26(2,17-31(21)29-20)25(34)28-15-18-10-6-5-7-11-18/h5-14H,4,15-17H2,1-3H3,(H,27,32)(H,28,34)/t26-/m1/s1. The second-order valence-electron chi connectivity index (χ2n) is 8.60. The Labute approximate surface area is 204 Å². The van der Waals surface area contributed by atoms with Crippen LogP contribution in [-0.4, -0.2) is 51.6 Å². The predicted molar refractivity (Wildman–Crippen MR) is 130 cm³/mol. The molecule has 9 nitrogen and oxygen atoms in total. The molecule has 0 spiro atoms. The molecule has 2 aromatic carbocycles. The Hall–Kier alpha value is -4.14. The maximum atomic E-state index is 13.1. The van der Waals surface area contributed by atoms with Crippen molar-refractivity contribution in [2.75, 3.05) is 13.7 Å². The number of nitrogens with zero attached hydrogens (tertiary/aromatic N) is 3. The summed E-state index contributed by atoms with van der Waals surface area (Å²) in [5.74, 6) is -0.379. The van der Waals surface area contributed by atoms with Crippen molar-refractivity contribution in [1.82, 2.24) is 25.3 Å². The van der Waals surface area contributed by atoms with E-state index in [-0.39, 0.29) is 36.3 Å². The van der Waals surface area contributed by atoms with Crippen LogP contribution in [0.15, 0.2) is 60.7 Å². The number of fused-ring (bicyclic) bond motifs is 1. The van der Waals surface area contributed by atoms with E-state index in [1.165, 1.54) is 15.6 Å². The number of nitrogens with one attached hydrogen (secondary N) is 2. The SMILES string of the molecule is CCOc1ccccc1CNC(=O)c1cc2n(n1)C[C@](C)(C(=O)NCc1ccccc1)N(C)C2=O. The zero-order valence-corrected chi connectivity index (χ0v) is 20.1. The number of carbonyl (C=O) groups is 3. The molecular formula is C26H29N5O4. The Morgan fingerprint density at radius 3 is 2.51 bits per heavy atom. The number of carbonyl (C=O) groups excluding carboxylic acids is 3. The lowest BCUT2D eigenvalue weighted by atomic mass is 9.96. The zero-order valence-electron chi connectivity index (χ0n) is 20.1. The number of benzene rings is 2. The van der Waals surface area contributed by atoms with Gasteiger partial charge in [-0.2, -0.15) is 5.10 Å². The van der Waals surface area contributed by atoms with E-state index in [9.17, 15) is 14.4 Å². The Morgan fingerprint density at radius 1 is 1.06 bits per heavy atom. The van der Waals surface area contributed by atoms with Crippen molar-refractivity contribution < 1.29 is 19.1 Å². The number of rotatable bonds is 8. The van der Waals surface area contributed by atoms with Crippen LogP contribution in [0.2, 0.25) is 0 Å². The quantitative estimate of drug-likeness (QED) is 0.520. The van der Waals surface area contributed by atoms with Crippen molar-refractivity contribution in [2.45, 2.75) is 39.0 Å². The molecule has 35 heavy (non-hydrogen) atoms. The molecule has 1 atom stereocenters. The predicted octanol–water partition coefficient (Wildman–Crippen LogP) is 2.37. The molecule has 1 aromatic heterocycles. The van der Waals surface area contributed by atoms with Crippen LogP contribution in [0.3, 0.4) is 0 Å². The molecule has 4 rings (SSSR count). The van der Waals surface area contributed by atoms with Crippen molar-refractivity contribution in [3.05, 3.63) is 83.2 Å². The molecule has 1 aliphatic rings. The van der Waals surface area contributed by atoms with Crippen LogP contribution in [0, 0.1) is 0 Å². The smallest absolute Gasteiger partial charge is 0.272 e. The number of hydrogen-bond acceptors (Lipinski definition) is 5. The highest BCUT2D eigenvalue weighted by atomic mass is 16.5. The van der Waals surface area contributed by atoms with Crippen LogP contribution in [0.4, 0.5) is 0 Å². The summed E-state index contributed by atoms with van der Waals surface area (Å²) in [5, 5.41) is 10.1. The number of hydrogen-bond donors (Lipinski definition) is 2. The number of para-hydroxylation sites is 1. The van der Waals surface area contributed by atoms with Crippen molar-refractivity contribution in [2.24, 2.45) is 0 Å². The van der Waals surface area contributed by atoms with Gasteiger partial charge in [-0.05, 0) is 25.5 Å². The highest BCUT2D eigenvalue weighted by molar-refractivity contribution is 6.01. The van der Waals surface area contributed by atoms with Gasteiger partial charge in [0.25, 0.3) is 11.8 Å². The third-order valence-corrected chi connectivity index (χ3v) is 6.23. The highest BCUT2D eigenvalue weighted by Gasteiger charge is 2.46. The lowest BCUT2D eigenvalue weighted by Crippen LogP contribution is -2.62. The van der Waals surface area contributed by atoms with Crippen LogP contribution >= 0.6 is 0 Å². The molecule has 3 amide bonds. The summed E-state index contributed by atoms with van der Waals surface area (Å²) in [6.07, 6.45) is 0. The first-order valence-corrected chi connectivity index (χ1v) is 11.5. The average molecular weight is 476 g/mol. The highest BCUT2D eigenvalue weighted by Crippen LogP contribution is 2.26.